The monoisotopic (exact) mass is 451 g/mol. The second-order valence-electron chi connectivity index (χ2n) is 7.95. The summed E-state index contributed by atoms with van der Waals surface area (Å²) < 4.78 is 5.90. The van der Waals surface area contributed by atoms with Crippen LogP contribution in [0, 0.1) is 0 Å². The Kier molecular flexibility index (Phi) is 6.34. The van der Waals surface area contributed by atoms with Crippen LogP contribution in [0.3, 0.4) is 0 Å². The molecule has 0 spiro atoms. The first kappa shape index (κ1) is 21.5. The van der Waals surface area contributed by atoms with Crippen molar-refractivity contribution in [1.29, 1.82) is 0 Å². The summed E-state index contributed by atoms with van der Waals surface area (Å²) in [6, 6.07) is 26.9. The molecule has 0 atom stereocenters. The number of aromatic nitrogens is 2. The number of amides is 1. The lowest BCUT2D eigenvalue weighted by Crippen LogP contribution is -2.47. The van der Waals surface area contributed by atoms with Crippen molar-refractivity contribution >= 4 is 23.2 Å². The first-order valence-corrected chi connectivity index (χ1v) is 11.3. The standard InChI is InChI=1S/C27H25N5O2/c33-26(24-13-7-8-14-25(24)34-23-11-5-2-6-12-23)30-21-19-28-27(29-20-21)32-17-15-31(16-18-32)22-9-3-1-4-10-22/h1-14,19-20H,15-18H2,(H,30,33). The highest BCUT2D eigenvalue weighted by Crippen LogP contribution is 2.26. The summed E-state index contributed by atoms with van der Waals surface area (Å²) in [5.41, 5.74) is 2.20. The Balaban J connectivity index is 1.21. The van der Waals surface area contributed by atoms with E-state index in [0.717, 1.165) is 26.2 Å². The second-order valence-corrected chi connectivity index (χ2v) is 7.95. The van der Waals surface area contributed by atoms with Crippen LogP contribution in [-0.2, 0) is 0 Å². The number of para-hydroxylation sites is 3. The zero-order valence-corrected chi connectivity index (χ0v) is 18.7. The lowest BCUT2D eigenvalue weighted by molar-refractivity contribution is 0.102. The average Bonchev–Trinajstić information content (AvgIpc) is 2.91. The van der Waals surface area contributed by atoms with Gasteiger partial charge in [-0.05, 0) is 36.4 Å². The lowest BCUT2D eigenvalue weighted by atomic mass is 10.2. The van der Waals surface area contributed by atoms with Crippen molar-refractivity contribution in [2.75, 3.05) is 41.3 Å². The molecule has 3 aromatic carbocycles. The van der Waals surface area contributed by atoms with Crippen molar-refractivity contribution in [2.24, 2.45) is 0 Å². The van der Waals surface area contributed by atoms with E-state index >= 15 is 0 Å². The molecule has 0 bridgehead atoms. The van der Waals surface area contributed by atoms with Crippen LogP contribution < -0.4 is 19.9 Å². The summed E-state index contributed by atoms with van der Waals surface area (Å²) in [5, 5.41) is 2.87. The van der Waals surface area contributed by atoms with Crippen molar-refractivity contribution in [2.45, 2.75) is 0 Å². The van der Waals surface area contributed by atoms with E-state index in [1.165, 1.54) is 5.69 Å². The average molecular weight is 452 g/mol. The first-order chi connectivity index (χ1) is 16.8. The molecule has 0 saturated carbocycles. The van der Waals surface area contributed by atoms with Gasteiger partial charge < -0.3 is 19.9 Å². The zero-order valence-electron chi connectivity index (χ0n) is 18.7. The number of carbonyl (C=O) groups excluding carboxylic acids is 1. The predicted octanol–water partition coefficient (Wildman–Crippen LogP) is 4.85. The molecule has 1 aliphatic heterocycles. The fourth-order valence-corrected chi connectivity index (χ4v) is 3.91. The fourth-order valence-electron chi connectivity index (χ4n) is 3.91. The second kappa shape index (κ2) is 10.0. The van der Waals surface area contributed by atoms with Crippen LogP contribution in [0.4, 0.5) is 17.3 Å². The largest absolute Gasteiger partial charge is 0.457 e. The van der Waals surface area contributed by atoms with Crippen LogP contribution in [0.1, 0.15) is 10.4 Å². The van der Waals surface area contributed by atoms with Crippen molar-refractivity contribution in [3.8, 4) is 11.5 Å². The first-order valence-electron chi connectivity index (χ1n) is 11.3. The number of rotatable bonds is 6. The molecule has 7 nitrogen and oxygen atoms in total. The summed E-state index contributed by atoms with van der Waals surface area (Å²) in [6.07, 6.45) is 3.29. The molecule has 1 aromatic heterocycles. The van der Waals surface area contributed by atoms with Crippen molar-refractivity contribution in [3.63, 3.8) is 0 Å². The van der Waals surface area contributed by atoms with Gasteiger partial charge in [0, 0.05) is 31.9 Å². The third kappa shape index (κ3) is 4.99. The summed E-state index contributed by atoms with van der Waals surface area (Å²) in [5.74, 6) is 1.54. The molecule has 1 saturated heterocycles. The minimum atomic E-state index is -0.278. The van der Waals surface area contributed by atoms with Gasteiger partial charge in [-0.15, -0.1) is 0 Å². The molecule has 0 radical (unpaired) electrons. The number of carbonyl (C=O) groups is 1. The molecule has 1 aliphatic rings. The molecule has 1 amide bonds. The normalized spacial score (nSPS) is 13.4. The Labute approximate surface area is 198 Å². The fraction of sp³-hybridized carbons (Fsp3) is 0.148. The van der Waals surface area contributed by atoms with Crippen molar-refractivity contribution in [1.82, 2.24) is 9.97 Å². The van der Waals surface area contributed by atoms with Crippen molar-refractivity contribution in [3.05, 3.63) is 103 Å². The Hall–Kier alpha value is -4.39. The highest BCUT2D eigenvalue weighted by Gasteiger charge is 2.19. The highest BCUT2D eigenvalue weighted by atomic mass is 16.5. The zero-order chi connectivity index (χ0) is 23.2. The van der Waals surface area contributed by atoms with E-state index in [4.69, 9.17) is 4.74 Å². The van der Waals surface area contributed by atoms with Crippen LogP contribution in [0.2, 0.25) is 0 Å². The predicted molar refractivity (Wildman–Crippen MR) is 134 cm³/mol. The van der Waals surface area contributed by atoms with E-state index in [1.807, 2.05) is 42.5 Å². The smallest absolute Gasteiger partial charge is 0.259 e. The number of anilines is 3. The molecular weight excluding hydrogens is 426 g/mol. The van der Waals surface area contributed by atoms with Crippen LogP contribution >= 0.6 is 0 Å². The van der Waals surface area contributed by atoms with E-state index in [1.54, 1.807) is 30.6 Å². The number of piperazine rings is 1. The van der Waals surface area contributed by atoms with Crippen molar-refractivity contribution < 1.29 is 9.53 Å². The van der Waals surface area contributed by atoms with Gasteiger partial charge in [0.25, 0.3) is 5.91 Å². The van der Waals surface area contributed by atoms with Gasteiger partial charge in [-0.2, -0.15) is 0 Å². The van der Waals surface area contributed by atoms with Gasteiger partial charge in [0.05, 0.1) is 23.6 Å². The Morgan fingerprint density at radius 2 is 1.32 bits per heavy atom. The van der Waals surface area contributed by atoms with Crippen LogP contribution in [0.15, 0.2) is 97.3 Å². The van der Waals surface area contributed by atoms with Gasteiger partial charge in [0.15, 0.2) is 0 Å². The molecule has 1 fully saturated rings. The van der Waals surface area contributed by atoms with E-state index in [-0.39, 0.29) is 5.91 Å². The van der Waals surface area contributed by atoms with E-state index in [2.05, 4.69) is 49.4 Å². The van der Waals surface area contributed by atoms with Gasteiger partial charge in [-0.25, -0.2) is 9.97 Å². The number of ether oxygens (including phenoxy) is 1. The SMILES string of the molecule is O=C(Nc1cnc(N2CCN(c3ccccc3)CC2)nc1)c1ccccc1Oc1ccccc1. The molecule has 4 aromatic rings. The Morgan fingerprint density at radius 1 is 0.735 bits per heavy atom. The number of nitrogens with one attached hydrogen (secondary N) is 1. The minimum absolute atomic E-state index is 0.278. The molecule has 0 unspecified atom stereocenters. The van der Waals surface area contributed by atoms with E-state index < -0.39 is 0 Å². The van der Waals surface area contributed by atoms with Gasteiger partial charge in [0.2, 0.25) is 5.95 Å². The highest BCUT2D eigenvalue weighted by molar-refractivity contribution is 6.06. The number of hydrogen-bond donors (Lipinski definition) is 1. The number of hydrogen-bond acceptors (Lipinski definition) is 6. The summed E-state index contributed by atoms with van der Waals surface area (Å²) >= 11 is 0. The molecule has 1 N–H and O–H groups in total. The van der Waals surface area contributed by atoms with Crippen LogP contribution in [-0.4, -0.2) is 42.1 Å². The summed E-state index contributed by atoms with van der Waals surface area (Å²) in [4.78, 5) is 26.4. The molecule has 7 heteroatoms. The van der Waals surface area contributed by atoms with Crippen LogP contribution in [0.5, 0.6) is 11.5 Å². The lowest BCUT2D eigenvalue weighted by Gasteiger charge is -2.36. The third-order valence-electron chi connectivity index (χ3n) is 5.68. The topological polar surface area (TPSA) is 70.6 Å². The maximum Gasteiger partial charge on any atom is 0.259 e. The molecular formula is C27H25N5O2. The number of nitrogens with zero attached hydrogens (tertiary/aromatic N) is 4. The van der Waals surface area contributed by atoms with E-state index in [0.29, 0.717) is 28.7 Å². The van der Waals surface area contributed by atoms with Crippen LogP contribution in [0.25, 0.3) is 0 Å². The molecule has 5 rings (SSSR count). The molecule has 170 valence electrons. The Morgan fingerprint density at radius 3 is 2.03 bits per heavy atom. The van der Waals surface area contributed by atoms with Gasteiger partial charge in [0.1, 0.15) is 11.5 Å². The minimum Gasteiger partial charge on any atom is -0.457 e. The molecule has 0 aliphatic carbocycles. The summed E-state index contributed by atoms with van der Waals surface area (Å²) in [6.45, 7) is 3.49. The Bertz CT molecular complexity index is 1220. The third-order valence-corrected chi connectivity index (χ3v) is 5.68. The van der Waals surface area contributed by atoms with E-state index in [9.17, 15) is 4.79 Å². The summed E-state index contributed by atoms with van der Waals surface area (Å²) in [7, 11) is 0. The maximum absolute atomic E-state index is 12.9. The van der Waals surface area contributed by atoms with Gasteiger partial charge in [-0.1, -0.05) is 48.5 Å². The van der Waals surface area contributed by atoms with Gasteiger partial charge >= 0.3 is 0 Å². The molecule has 34 heavy (non-hydrogen) atoms. The quantitative estimate of drug-likeness (QED) is 0.452. The van der Waals surface area contributed by atoms with Gasteiger partial charge in [-0.3, -0.25) is 4.79 Å². The number of benzene rings is 3. The maximum atomic E-state index is 12.9. The molecule has 2 heterocycles.